The van der Waals surface area contributed by atoms with Crippen molar-refractivity contribution >= 4 is 50.9 Å². The molecule has 0 saturated carbocycles. The molecule has 17 heteroatoms. The number of hydrogen-bond acceptors (Lipinski definition) is 12. The number of nitrogens with one attached hydrogen (secondary N) is 6. The van der Waals surface area contributed by atoms with E-state index < -0.39 is 21.8 Å². The van der Waals surface area contributed by atoms with Crippen LogP contribution in [0.2, 0.25) is 0 Å². The van der Waals surface area contributed by atoms with Crippen LogP contribution < -0.4 is 31.5 Å². The van der Waals surface area contributed by atoms with Crippen molar-refractivity contribution in [2.75, 3.05) is 73.6 Å². The van der Waals surface area contributed by atoms with E-state index in [2.05, 4.69) is 66.1 Å². The number of carbonyl (C=O) groups excluding carboxylic acids is 3. The molecule has 1 aliphatic heterocycles. The second-order valence-corrected chi connectivity index (χ2v) is 17.0. The van der Waals surface area contributed by atoms with E-state index >= 15 is 0 Å². The summed E-state index contributed by atoms with van der Waals surface area (Å²) in [6.45, 7) is 13.1. The molecule has 0 spiro atoms. The second kappa shape index (κ2) is 24.6. The van der Waals surface area contributed by atoms with E-state index in [1.807, 2.05) is 0 Å². The number of anilines is 2. The quantitative estimate of drug-likeness (QED) is 0.0331. The van der Waals surface area contributed by atoms with Crippen molar-refractivity contribution < 1.29 is 42.1 Å². The molecule has 1 aromatic rings. The summed E-state index contributed by atoms with van der Waals surface area (Å²) < 4.78 is 38.4. The molecule has 3 amide bonds. The summed E-state index contributed by atoms with van der Waals surface area (Å²) in [5.41, 5.74) is 5.41. The van der Waals surface area contributed by atoms with Crippen molar-refractivity contribution in [1.82, 2.24) is 21.4 Å². The number of sulfonamides is 1. The van der Waals surface area contributed by atoms with Gasteiger partial charge in [0.2, 0.25) is 15.9 Å². The molecule has 1 aliphatic rings. The van der Waals surface area contributed by atoms with Gasteiger partial charge in [0.25, 0.3) is 0 Å². The first kappa shape index (κ1) is 45.5. The largest absolute Gasteiger partial charge is 0.378 e. The number of benzene rings is 1. The average molecular weight is 775 g/mol. The summed E-state index contributed by atoms with van der Waals surface area (Å²) in [5, 5.41) is 8.96. The highest BCUT2D eigenvalue weighted by Gasteiger charge is 2.38. The van der Waals surface area contributed by atoms with Crippen molar-refractivity contribution in [1.29, 1.82) is 0 Å². The molecule has 0 radical (unpaired) electrons. The highest BCUT2D eigenvalue weighted by molar-refractivity contribution is 7.99. The fourth-order valence-electron chi connectivity index (χ4n) is 5.85. The number of thioether (sulfide) groups is 1. The highest BCUT2D eigenvalue weighted by atomic mass is 32.2. The zero-order valence-corrected chi connectivity index (χ0v) is 33.2. The molecular weight excluding hydrogens is 713 g/mol. The van der Waals surface area contributed by atoms with Gasteiger partial charge in [-0.25, -0.2) is 18.2 Å². The Bertz CT molecular complexity index is 1280. The lowest BCUT2D eigenvalue weighted by atomic mass is 9.79. The van der Waals surface area contributed by atoms with Crippen LogP contribution in [0.1, 0.15) is 86.0 Å². The first-order valence-corrected chi connectivity index (χ1v) is 21.0. The molecule has 1 heterocycles. The van der Waals surface area contributed by atoms with E-state index in [1.165, 1.54) is 49.6 Å². The number of unbranched alkanes of at least 4 members (excludes halogenated alkanes) is 5. The van der Waals surface area contributed by atoms with Gasteiger partial charge in [0, 0.05) is 35.1 Å². The summed E-state index contributed by atoms with van der Waals surface area (Å²) in [5.74, 6) is -1.36. The van der Waals surface area contributed by atoms with E-state index in [1.54, 1.807) is 12.1 Å². The predicted octanol–water partition coefficient (Wildman–Crippen LogP) is 3.49. The highest BCUT2D eigenvalue weighted by Crippen LogP contribution is 2.28. The van der Waals surface area contributed by atoms with Gasteiger partial charge in [-0.05, 0) is 71.2 Å². The summed E-state index contributed by atoms with van der Waals surface area (Å²) >= 11 is 1.39. The molecule has 298 valence electrons. The molecule has 15 nitrogen and oxygen atoms in total. The second-order valence-electron chi connectivity index (χ2n) is 14.1. The van der Waals surface area contributed by atoms with Crippen LogP contribution in [0, 0.1) is 0 Å². The van der Waals surface area contributed by atoms with Gasteiger partial charge in [0.05, 0.1) is 50.2 Å². The standard InChI is InChI=1S/C35H62N6O9S2/c1-6-7-8-9-10-11-17-49-50-21-20-47-18-19-48-22-23-51-27-31(42)36-16-24-52(45,46)40-29-14-12-28(13-15-29)38-39-33(44)32(43)37-30-25-34(2,3)41-35(4,5)26-30/h12-15,30,38,40-41H,6-11,16-27H2,1-5H3,(H,36,42)(H,37,43)(H,39,44). The third kappa shape index (κ3) is 21.8. The third-order valence-electron chi connectivity index (χ3n) is 7.86. The maximum Gasteiger partial charge on any atom is 0.327 e. The van der Waals surface area contributed by atoms with Gasteiger partial charge >= 0.3 is 11.8 Å². The predicted molar refractivity (Wildman–Crippen MR) is 205 cm³/mol. The molecular formula is C35H62N6O9S2. The van der Waals surface area contributed by atoms with Crippen LogP contribution >= 0.6 is 11.8 Å². The minimum atomic E-state index is -3.73. The molecule has 1 fully saturated rings. The van der Waals surface area contributed by atoms with Gasteiger partial charge in [0.1, 0.15) is 6.61 Å². The lowest BCUT2D eigenvalue weighted by Crippen LogP contribution is -2.63. The molecule has 0 unspecified atom stereocenters. The Hall–Kier alpha value is -2.67. The molecule has 0 atom stereocenters. The van der Waals surface area contributed by atoms with Gasteiger partial charge in [-0.3, -0.25) is 30.0 Å². The summed E-state index contributed by atoms with van der Waals surface area (Å²) in [7, 11) is -3.73. The number of rotatable bonds is 27. The number of piperidine rings is 1. The molecule has 2 rings (SSSR count). The molecule has 1 aromatic carbocycles. The zero-order chi connectivity index (χ0) is 38.3. The normalized spacial score (nSPS) is 15.5. The maximum absolute atomic E-state index is 12.5. The van der Waals surface area contributed by atoms with Crippen molar-refractivity contribution in [3.63, 3.8) is 0 Å². The maximum atomic E-state index is 12.5. The number of ether oxygens (including phenoxy) is 2. The average Bonchev–Trinajstić information content (AvgIpc) is 3.05. The van der Waals surface area contributed by atoms with Crippen LogP contribution in [-0.2, 0) is 43.7 Å². The van der Waals surface area contributed by atoms with Crippen LogP contribution in [0.4, 0.5) is 11.4 Å². The zero-order valence-electron chi connectivity index (χ0n) is 31.6. The van der Waals surface area contributed by atoms with Crippen molar-refractivity contribution in [2.45, 2.75) is 103 Å². The minimum Gasteiger partial charge on any atom is -0.378 e. The lowest BCUT2D eigenvalue weighted by Gasteiger charge is -2.46. The van der Waals surface area contributed by atoms with Crippen molar-refractivity contribution in [3.8, 4) is 0 Å². The summed E-state index contributed by atoms with van der Waals surface area (Å²) in [4.78, 5) is 47.2. The van der Waals surface area contributed by atoms with Crippen LogP contribution in [-0.4, -0.2) is 107 Å². The molecule has 6 N–H and O–H groups in total. The molecule has 0 bridgehead atoms. The Morgan fingerprint density at radius 1 is 0.808 bits per heavy atom. The Morgan fingerprint density at radius 3 is 2.10 bits per heavy atom. The van der Waals surface area contributed by atoms with Gasteiger partial charge in [0.15, 0.2) is 0 Å². The SMILES string of the molecule is CCCCCCCCOOCCOCCOCCSCC(=O)NCCS(=O)(=O)Nc1ccc(NNC(=O)C(=O)NC2CC(C)(C)NC(C)(C)C2)cc1. The van der Waals surface area contributed by atoms with Crippen molar-refractivity contribution in [3.05, 3.63) is 24.3 Å². The molecule has 0 aliphatic carbocycles. The molecule has 52 heavy (non-hydrogen) atoms. The van der Waals surface area contributed by atoms with Crippen molar-refractivity contribution in [2.24, 2.45) is 0 Å². The Kier molecular flexibility index (Phi) is 21.5. The fourth-order valence-corrected chi connectivity index (χ4v) is 7.48. The smallest absolute Gasteiger partial charge is 0.327 e. The molecule has 1 saturated heterocycles. The van der Waals surface area contributed by atoms with Crippen LogP contribution in [0.15, 0.2) is 24.3 Å². The van der Waals surface area contributed by atoms with Crippen LogP contribution in [0.3, 0.4) is 0 Å². The Balaban J connectivity index is 1.48. The van der Waals surface area contributed by atoms with E-state index in [9.17, 15) is 22.8 Å². The number of amides is 3. The number of hydrazine groups is 1. The monoisotopic (exact) mass is 774 g/mol. The van der Waals surface area contributed by atoms with Gasteiger partial charge < -0.3 is 25.4 Å². The summed E-state index contributed by atoms with van der Waals surface area (Å²) in [6.07, 6.45) is 8.59. The first-order valence-electron chi connectivity index (χ1n) is 18.2. The number of carbonyl (C=O) groups is 3. The van der Waals surface area contributed by atoms with Gasteiger partial charge in [-0.1, -0.05) is 39.0 Å². The Morgan fingerprint density at radius 2 is 1.40 bits per heavy atom. The van der Waals surface area contributed by atoms with E-state index in [0.717, 1.165) is 12.8 Å². The summed E-state index contributed by atoms with van der Waals surface area (Å²) in [6, 6.07) is 5.97. The topological polar surface area (TPSA) is 194 Å². The van der Waals surface area contributed by atoms with E-state index in [4.69, 9.17) is 19.2 Å². The van der Waals surface area contributed by atoms with Crippen LogP contribution in [0.5, 0.6) is 0 Å². The Labute approximate surface area is 314 Å². The lowest BCUT2D eigenvalue weighted by molar-refractivity contribution is -0.299. The minimum absolute atomic E-state index is 0.0452. The van der Waals surface area contributed by atoms with Crippen LogP contribution in [0.25, 0.3) is 0 Å². The molecule has 0 aromatic heterocycles. The third-order valence-corrected chi connectivity index (χ3v) is 10.1. The van der Waals surface area contributed by atoms with Gasteiger partial charge in [-0.15, -0.1) is 11.8 Å². The van der Waals surface area contributed by atoms with E-state index in [0.29, 0.717) is 69.6 Å². The van der Waals surface area contributed by atoms with Gasteiger partial charge in [-0.2, -0.15) is 0 Å². The van der Waals surface area contributed by atoms with E-state index in [-0.39, 0.29) is 41.1 Å². The fraction of sp³-hybridized carbons (Fsp3) is 0.743. The first-order chi connectivity index (χ1) is 24.7. The number of hydrogen-bond donors (Lipinski definition) is 6.